The van der Waals surface area contributed by atoms with Crippen molar-refractivity contribution in [1.29, 1.82) is 0 Å². The van der Waals surface area contributed by atoms with Crippen LogP contribution in [0.25, 0.3) is 5.65 Å². The molecule has 0 radical (unpaired) electrons. The van der Waals surface area contributed by atoms with E-state index in [0.717, 1.165) is 28.2 Å². The summed E-state index contributed by atoms with van der Waals surface area (Å²) in [5, 5.41) is 17.8. The molecule has 0 unspecified atom stereocenters. The number of hydrogen-bond acceptors (Lipinski definition) is 4. The van der Waals surface area contributed by atoms with Crippen LogP contribution in [0.3, 0.4) is 0 Å². The first-order valence-electron chi connectivity index (χ1n) is 6.74. The Bertz CT molecular complexity index is 820. The maximum Gasteiger partial charge on any atom is 0.182 e. The number of aryl methyl sites for hydroxylation is 2. The fourth-order valence-electron chi connectivity index (χ4n) is 2.21. The zero-order valence-electron chi connectivity index (χ0n) is 12.0. The van der Waals surface area contributed by atoms with Gasteiger partial charge in [0.25, 0.3) is 0 Å². The van der Waals surface area contributed by atoms with E-state index in [9.17, 15) is 5.11 Å². The number of aliphatic hydroxyl groups excluding tert-OH is 1. The quantitative estimate of drug-likeness (QED) is 0.740. The fourth-order valence-corrected chi connectivity index (χ4v) is 2.21. The van der Waals surface area contributed by atoms with Gasteiger partial charge in [-0.2, -0.15) is 0 Å². The van der Waals surface area contributed by atoms with Gasteiger partial charge in [0.2, 0.25) is 0 Å². The zero-order chi connectivity index (χ0) is 14.8. The van der Waals surface area contributed by atoms with Gasteiger partial charge in [-0.15, -0.1) is 10.2 Å². The van der Waals surface area contributed by atoms with Crippen LogP contribution in [0.15, 0.2) is 52.8 Å². The Balaban J connectivity index is 2.02. The molecule has 0 spiro atoms. The Morgan fingerprint density at radius 3 is 2.76 bits per heavy atom. The minimum Gasteiger partial charge on any atom is -0.392 e. The minimum absolute atomic E-state index is 0.00253. The summed E-state index contributed by atoms with van der Waals surface area (Å²) in [5.74, 6) is 0.705. The number of aromatic nitrogens is 2. The molecule has 0 amide bonds. The Kier molecular flexibility index (Phi) is 3.50. The number of azo groups is 1. The van der Waals surface area contributed by atoms with Crippen LogP contribution in [0.1, 0.15) is 16.8 Å². The molecule has 2 heterocycles. The van der Waals surface area contributed by atoms with Crippen LogP contribution >= 0.6 is 0 Å². The average Bonchev–Trinajstić information content (AvgIpc) is 2.79. The molecule has 0 aliphatic rings. The largest absolute Gasteiger partial charge is 0.392 e. The van der Waals surface area contributed by atoms with Crippen molar-refractivity contribution in [3.63, 3.8) is 0 Å². The Labute approximate surface area is 122 Å². The lowest BCUT2D eigenvalue weighted by atomic mass is 10.2. The van der Waals surface area contributed by atoms with E-state index in [4.69, 9.17) is 0 Å². The van der Waals surface area contributed by atoms with Crippen LogP contribution in [0.2, 0.25) is 0 Å². The second-order valence-electron chi connectivity index (χ2n) is 4.98. The molecule has 5 nitrogen and oxygen atoms in total. The molecule has 0 atom stereocenters. The van der Waals surface area contributed by atoms with Crippen LogP contribution in [-0.4, -0.2) is 14.5 Å². The van der Waals surface area contributed by atoms with Crippen molar-refractivity contribution in [3.05, 3.63) is 59.4 Å². The average molecular weight is 280 g/mol. The first kappa shape index (κ1) is 13.5. The third-order valence-corrected chi connectivity index (χ3v) is 3.28. The number of imidazole rings is 1. The number of aliphatic hydroxyl groups is 1. The summed E-state index contributed by atoms with van der Waals surface area (Å²) in [6, 6.07) is 11.6. The first-order chi connectivity index (χ1) is 10.2. The molecule has 0 saturated heterocycles. The van der Waals surface area contributed by atoms with Gasteiger partial charge in [0.05, 0.1) is 18.0 Å². The van der Waals surface area contributed by atoms with Gasteiger partial charge in [0, 0.05) is 6.20 Å². The van der Waals surface area contributed by atoms with Gasteiger partial charge in [-0.25, -0.2) is 4.98 Å². The number of nitrogens with zero attached hydrogens (tertiary/aromatic N) is 4. The highest BCUT2D eigenvalue weighted by Gasteiger charge is 2.08. The summed E-state index contributed by atoms with van der Waals surface area (Å²) < 4.78 is 1.87. The number of benzene rings is 1. The Morgan fingerprint density at radius 1 is 1.14 bits per heavy atom. The third kappa shape index (κ3) is 2.68. The summed E-state index contributed by atoms with van der Waals surface area (Å²) >= 11 is 0. The van der Waals surface area contributed by atoms with E-state index in [-0.39, 0.29) is 6.61 Å². The van der Waals surface area contributed by atoms with Gasteiger partial charge < -0.3 is 5.11 Å². The minimum atomic E-state index is 0.00253. The van der Waals surface area contributed by atoms with E-state index in [1.165, 1.54) is 0 Å². The van der Waals surface area contributed by atoms with Gasteiger partial charge in [-0.05, 0) is 49.2 Å². The second-order valence-corrected chi connectivity index (χ2v) is 4.98. The molecule has 0 fully saturated rings. The number of rotatable bonds is 3. The summed E-state index contributed by atoms with van der Waals surface area (Å²) in [6.07, 6.45) is 1.85. The van der Waals surface area contributed by atoms with Crippen LogP contribution in [0.4, 0.5) is 11.5 Å². The van der Waals surface area contributed by atoms with Crippen molar-refractivity contribution in [2.75, 3.05) is 0 Å². The summed E-state index contributed by atoms with van der Waals surface area (Å²) in [5.41, 5.74) is 4.36. The van der Waals surface area contributed by atoms with Crippen molar-refractivity contribution in [1.82, 2.24) is 9.38 Å². The van der Waals surface area contributed by atoms with E-state index >= 15 is 0 Å². The molecule has 5 heteroatoms. The highest BCUT2D eigenvalue weighted by atomic mass is 16.3. The van der Waals surface area contributed by atoms with E-state index in [1.54, 1.807) is 0 Å². The molecule has 0 saturated carbocycles. The van der Waals surface area contributed by atoms with Crippen LogP contribution < -0.4 is 0 Å². The first-order valence-corrected chi connectivity index (χ1v) is 6.74. The molecule has 0 aliphatic carbocycles. The number of pyridine rings is 1. The van der Waals surface area contributed by atoms with E-state index in [2.05, 4.69) is 15.2 Å². The summed E-state index contributed by atoms with van der Waals surface area (Å²) in [6.45, 7) is 3.92. The maximum atomic E-state index is 9.17. The molecule has 2 aromatic heterocycles. The van der Waals surface area contributed by atoms with Gasteiger partial charge in [-0.3, -0.25) is 4.40 Å². The molecule has 1 aromatic carbocycles. The summed E-state index contributed by atoms with van der Waals surface area (Å²) in [4.78, 5) is 4.45. The molecule has 0 bridgehead atoms. The van der Waals surface area contributed by atoms with Crippen molar-refractivity contribution >= 4 is 17.2 Å². The van der Waals surface area contributed by atoms with Crippen LogP contribution in [-0.2, 0) is 6.61 Å². The highest BCUT2D eigenvalue weighted by molar-refractivity contribution is 5.53. The fraction of sp³-hybridized carbons (Fsp3) is 0.188. The van der Waals surface area contributed by atoms with Crippen LogP contribution in [0.5, 0.6) is 0 Å². The van der Waals surface area contributed by atoms with Gasteiger partial charge >= 0.3 is 0 Å². The molecule has 3 aromatic rings. The number of fused-ring (bicyclic) bond motifs is 1. The second kappa shape index (κ2) is 5.46. The SMILES string of the molecule is Cc1cccc(N=Nc2c(C)nc3cc(CO)ccn23)c1. The Hall–Kier alpha value is -2.53. The predicted molar refractivity (Wildman–Crippen MR) is 81.2 cm³/mol. The molecule has 21 heavy (non-hydrogen) atoms. The van der Waals surface area contributed by atoms with E-state index < -0.39 is 0 Å². The van der Waals surface area contributed by atoms with Gasteiger partial charge in [0.15, 0.2) is 5.82 Å². The van der Waals surface area contributed by atoms with Gasteiger partial charge in [-0.1, -0.05) is 12.1 Å². The van der Waals surface area contributed by atoms with E-state index in [0.29, 0.717) is 5.82 Å². The van der Waals surface area contributed by atoms with Gasteiger partial charge in [0.1, 0.15) is 5.65 Å². The molecular weight excluding hydrogens is 264 g/mol. The number of hydrogen-bond donors (Lipinski definition) is 1. The molecule has 1 N–H and O–H groups in total. The van der Waals surface area contributed by atoms with Crippen molar-refractivity contribution in [2.24, 2.45) is 10.2 Å². The lowest BCUT2D eigenvalue weighted by Gasteiger charge is -1.99. The van der Waals surface area contributed by atoms with Crippen molar-refractivity contribution in [2.45, 2.75) is 20.5 Å². The summed E-state index contributed by atoms with van der Waals surface area (Å²) in [7, 11) is 0. The predicted octanol–water partition coefficient (Wildman–Crippen LogP) is 3.86. The smallest absolute Gasteiger partial charge is 0.182 e. The van der Waals surface area contributed by atoms with E-state index in [1.807, 2.05) is 60.8 Å². The topological polar surface area (TPSA) is 62.2 Å². The molecule has 0 aliphatic heterocycles. The van der Waals surface area contributed by atoms with Crippen LogP contribution in [0, 0.1) is 13.8 Å². The standard InChI is InChI=1S/C16H16N4O/c1-11-4-3-5-14(8-11)18-19-16-12(2)17-15-9-13(10-21)6-7-20(15)16/h3-9,21H,10H2,1-2H3. The van der Waals surface area contributed by atoms with Crippen molar-refractivity contribution < 1.29 is 5.11 Å². The Morgan fingerprint density at radius 2 is 2.00 bits per heavy atom. The normalized spacial score (nSPS) is 11.6. The zero-order valence-corrected chi connectivity index (χ0v) is 12.0. The molecule has 106 valence electrons. The monoisotopic (exact) mass is 280 g/mol. The molecule has 3 rings (SSSR count). The maximum absolute atomic E-state index is 9.17. The lowest BCUT2D eigenvalue weighted by molar-refractivity contribution is 0.282. The van der Waals surface area contributed by atoms with Crippen molar-refractivity contribution in [3.8, 4) is 0 Å². The third-order valence-electron chi connectivity index (χ3n) is 3.28. The molecular formula is C16H16N4O. The lowest BCUT2D eigenvalue weighted by Crippen LogP contribution is -1.88. The highest BCUT2D eigenvalue weighted by Crippen LogP contribution is 2.24.